The fourth-order valence-corrected chi connectivity index (χ4v) is 1.88. The average molecular weight is 272 g/mol. The number of hydrogen-bond donors (Lipinski definition) is 1. The molecular weight excluding hydrogens is 250 g/mol. The zero-order chi connectivity index (χ0) is 13.1. The van der Waals surface area contributed by atoms with E-state index in [0.717, 1.165) is 13.0 Å². The van der Waals surface area contributed by atoms with Gasteiger partial charge in [0.05, 0.1) is 19.8 Å². The first kappa shape index (κ1) is 15.4. The molecule has 0 heterocycles. The van der Waals surface area contributed by atoms with Crippen LogP contribution in [0.4, 0.5) is 0 Å². The molecule has 18 heavy (non-hydrogen) atoms. The number of alkyl halides is 1. The molecule has 1 unspecified atom stereocenters. The SMILES string of the molecule is COCCOCCNC(CCl)Cc1ccccc1. The molecule has 0 saturated carbocycles. The molecule has 3 nitrogen and oxygen atoms in total. The number of benzene rings is 1. The van der Waals surface area contributed by atoms with Crippen molar-refractivity contribution in [3.8, 4) is 0 Å². The van der Waals surface area contributed by atoms with Gasteiger partial charge in [0.2, 0.25) is 0 Å². The molecule has 0 bridgehead atoms. The molecule has 0 saturated heterocycles. The number of methoxy groups -OCH3 is 1. The summed E-state index contributed by atoms with van der Waals surface area (Å²) in [6.45, 7) is 2.78. The van der Waals surface area contributed by atoms with E-state index in [9.17, 15) is 0 Å². The van der Waals surface area contributed by atoms with Crippen molar-refractivity contribution in [1.82, 2.24) is 5.32 Å². The second-order valence-electron chi connectivity index (χ2n) is 4.10. The van der Waals surface area contributed by atoms with Crippen molar-refractivity contribution < 1.29 is 9.47 Å². The highest BCUT2D eigenvalue weighted by Crippen LogP contribution is 2.04. The van der Waals surface area contributed by atoms with Crippen molar-refractivity contribution in [1.29, 1.82) is 0 Å². The average Bonchev–Trinajstić information content (AvgIpc) is 2.42. The second kappa shape index (κ2) is 10.3. The van der Waals surface area contributed by atoms with E-state index in [4.69, 9.17) is 21.1 Å². The van der Waals surface area contributed by atoms with Crippen molar-refractivity contribution in [2.45, 2.75) is 12.5 Å². The van der Waals surface area contributed by atoms with E-state index < -0.39 is 0 Å². The number of ether oxygens (including phenoxy) is 2. The molecule has 1 aromatic carbocycles. The third kappa shape index (κ3) is 6.97. The Labute approximate surface area is 114 Å². The summed E-state index contributed by atoms with van der Waals surface area (Å²) in [6.07, 6.45) is 0.947. The summed E-state index contributed by atoms with van der Waals surface area (Å²) < 4.78 is 10.3. The molecule has 0 spiro atoms. The molecule has 1 aromatic rings. The Morgan fingerprint density at radius 2 is 1.94 bits per heavy atom. The first-order valence-corrected chi connectivity index (χ1v) is 6.80. The molecule has 1 rings (SSSR count). The van der Waals surface area contributed by atoms with E-state index in [0.29, 0.717) is 31.7 Å². The van der Waals surface area contributed by atoms with Gasteiger partial charge in [-0.3, -0.25) is 0 Å². The molecule has 0 fully saturated rings. The lowest BCUT2D eigenvalue weighted by molar-refractivity contribution is 0.0712. The lowest BCUT2D eigenvalue weighted by atomic mass is 10.1. The highest BCUT2D eigenvalue weighted by atomic mass is 35.5. The van der Waals surface area contributed by atoms with Crippen LogP contribution in [0.25, 0.3) is 0 Å². The van der Waals surface area contributed by atoms with E-state index in [1.807, 2.05) is 6.07 Å². The summed E-state index contributed by atoms with van der Waals surface area (Å²) in [7, 11) is 1.67. The molecule has 0 aromatic heterocycles. The zero-order valence-electron chi connectivity index (χ0n) is 10.9. The molecule has 0 aliphatic rings. The summed E-state index contributed by atoms with van der Waals surface area (Å²) >= 11 is 5.96. The molecular formula is C14H22ClNO2. The maximum Gasteiger partial charge on any atom is 0.0700 e. The molecule has 102 valence electrons. The van der Waals surface area contributed by atoms with Crippen LogP contribution in [0.3, 0.4) is 0 Å². The normalized spacial score (nSPS) is 12.6. The highest BCUT2D eigenvalue weighted by molar-refractivity contribution is 6.18. The maximum absolute atomic E-state index is 5.96. The van der Waals surface area contributed by atoms with E-state index in [-0.39, 0.29) is 0 Å². The summed E-state index contributed by atoms with van der Waals surface area (Å²) in [6, 6.07) is 10.7. The zero-order valence-corrected chi connectivity index (χ0v) is 11.7. The highest BCUT2D eigenvalue weighted by Gasteiger charge is 2.06. The molecule has 1 N–H and O–H groups in total. The van der Waals surface area contributed by atoms with Gasteiger partial charge < -0.3 is 14.8 Å². The third-order valence-corrected chi connectivity index (χ3v) is 2.99. The Morgan fingerprint density at radius 1 is 1.17 bits per heavy atom. The van der Waals surface area contributed by atoms with Gasteiger partial charge in [-0.1, -0.05) is 30.3 Å². The molecule has 0 radical (unpaired) electrons. The second-order valence-corrected chi connectivity index (χ2v) is 4.41. The topological polar surface area (TPSA) is 30.5 Å². The quantitative estimate of drug-likeness (QED) is 0.522. The minimum absolute atomic E-state index is 0.292. The Kier molecular flexibility index (Phi) is 8.86. The van der Waals surface area contributed by atoms with E-state index in [1.165, 1.54) is 5.56 Å². The first-order valence-electron chi connectivity index (χ1n) is 6.26. The Bertz CT molecular complexity index is 295. The van der Waals surface area contributed by atoms with Crippen LogP contribution in [-0.4, -0.2) is 45.4 Å². The van der Waals surface area contributed by atoms with Crippen LogP contribution >= 0.6 is 11.6 Å². The minimum atomic E-state index is 0.292. The molecule has 0 aliphatic carbocycles. The van der Waals surface area contributed by atoms with Crippen molar-refractivity contribution in [3.63, 3.8) is 0 Å². The van der Waals surface area contributed by atoms with Gasteiger partial charge in [0, 0.05) is 25.6 Å². The van der Waals surface area contributed by atoms with Gasteiger partial charge in [-0.25, -0.2) is 0 Å². The number of nitrogens with one attached hydrogen (secondary N) is 1. The van der Waals surface area contributed by atoms with Gasteiger partial charge in [-0.05, 0) is 12.0 Å². The van der Waals surface area contributed by atoms with E-state index in [1.54, 1.807) is 7.11 Å². The van der Waals surface area contributed by atoms with Crippen LogP contribution < -0.4 is 5.32 Å². The van der Waals surface area contributed by atoms with Crippen molar-refractivity contribution in [2.24, 2.45) is 0 Å². The van der Waals surface area contributed by atoms with Gasteiger partial charge >= 0.3 is 0 Å². The maximum atomic E-state index is 5.96. The monoisotopic (exact) mass is 271 g/mol. The molecule has 0 aliphatic heterocycles. The fraction of sp³-hybridized carbons (Fsp3) is 0.571. The summed E-state index contributed by atoms with van der Waals surface area (Å²) in [5.41, 5.74) is 1.30. The van der Waals surface area contributed by atoms with Gasteiger partial charge in [0.15, 0.2) is 0 Å². The fourth-order valence-electron chi connectivity index (χ4n) is 1.66. The Morgan fingerprint density at radius 3 is 2.61 bits per heavy atom. The first-order chi connectivity index (χ1) is 8.86. The lowest BCUT2D eigenvalue weighted by Gasteiger charge is -2.16. The van der Waals surface area contributed by atoms with Gasteiger partial charge in [-0.2, -0.15) is 0 Å². The lowest BCUT2D eigenvalue weighted by Crippen LogP contribution is -2.35. The van der Waals surface area contributed by atoms with E-state index >= 15 is 0 Å². The Balaban J connectivity index is 2.14. The summed E-state index contributed by atoms with van der Waals surface area (Å²) in [5, 5.41) is 3.40. The molecule has 0 amide bonds. The van der Waals surface area contributed by atoms with Gasteiger partial charge in [0.25, 0.3) is 0 Å². The van der Waals surface area contributed by atoms with Crippen molar-refractivity contribution in [2.75, 3.05) is 39.4 Å². The van der Waals surface area contributed by atoms with Crippen LogP contribution in [0.5, 0.6) is 0 Å². The number of rotatable bonds is 10. The van der Waals surface area contributed by atoms with Crippen LogP contribution in [0.15, 0.2) is 30.3 Å². The van der Waals surface area contributed by atoms with Crippen LogP contribution in [0.2, 0.25) is 0 Å². The molecule has 1 atom stereocenters. The third-order valence-electron chi connectivity index (χ3n) is 2.62. The van der Waals surface area contributed by atoms with Crippen LogP contribution in [0.1, 0.15) is 5.56 Å². The predicted octanol–water partition coefficient (Wildman–Crippen LogP) is 2.09. The number of hydrogen-bond acceptors (Lipinski definition) is 3. The summed E-state index contributed by atoms with van der Waals surface area (Å²) in [5.74, 6) is 0.604. The van der Waals surface area contributed by atoms with Crippen LogP contribution in [-0.2, 0) is 15.9 Å². The van der Waals surface area contributed by atoms with Gasteiger partial charge in [-0.15, -0.1) is 11.6 Å². The summed E-state index contributed by atoms with van der Waals surface area (Å²) in [4.78, 5) is 0. The van der Waals surface area contributed by atoms with Crippen LogP contribution in [0, 0.1) is 0 Å². The van der Waals surface area contributed by atoms with Crippen molar-refractivity contribution in [3.05, 3.63) is 35.9 Å². The largest absolute Gasteiger partial charge is 0.382 e. The minimum Gasteiger partial charge on any atom is -0.382 e. The van der Waals surface area contributed by atoms with Gasteiger partial charge in [0.1, 0.15) is 0 Å². The van der Waals surface area contributed by atoms with Crippen molar-refractivity contribution >= 4 is 11.6 Å². The van der Waals surface area contributed by atoms with E-state index in [2.05, 4.69) is 29.6 Å². The molecule has 4 heteroatoms. The number of halogens is 1. The Hall–Kier alpha value is -0.610. The standard InChI is InChI=1S/C14H22ClNO2/c1-17-9-10-18-8-7-16-14(12-15)11-13-5-3-2-4-6-13/h2-6,14,16H,7-12H2,1H3. The smallest absolute Gasteiger partial charge is 0.0700 e. The predicted molar refractivity (Wildman–Crippen MR) is 75.4 cm³/mol.